The van der Waals surface area contributed by atoms with Crippen LogP contribution in [0.4, 0.5) is 4.39 Å². The van der Waals surface area contributed by atoms with Gasteiger partial charge in [-0.25, -0.2) is 9.18 Å². The highest BCUT2D eigenvalue weighted by atomic mass is 19.1. The molecule has 1 aromatic carbocycles. The molecule has 0 bridgehead atoms. The Morgan fingerprint density at radius 2 is 1.89 bits per heavy atom. The predicted octanol–water partition coefficient (Wildman–Crippen LogP) is 2.36. The summed E-state index contributed by atoms with van der Waals surface area (Å²) in [6.45, 7) is 6.72. The summed E-state index contributed by atoms with van der Waals surface area (Å²) in [5.74, 6) is -2.02. The first-order valence-corrected chi connectivity index (χ1v) is 5.92. The number of rotatable bonds is 3. The van der Waals surface area contributed by atoms with Crippen LogP contribution in [-0.4, -0.2) is 23.0 Å². The van der Waals surface area contributed by atoms with Gasteiger partial charge < -0.3 is 10.4 Å². The molecule has 0 aliphatic rings. The zero-order chi connectivity index (χ0) is 14.8. The lowest BCUT2D eigenvalue weighted by Gasteiger charge is -2.27. The first kappa shape index (κ1) is 15.1. The van der Waals surface area contributed by atoms with Crippen LogP contribution in [-0.2, 0) is 4.79 Å². The van der Waals surface area contributed by atoms with Crippen molar-refractivity contribution in [1.29, 1.82) is 0 Å². The number of carboxylic acids is 1. The molecule has 0 fully saturated rings. The van der Waals surface area contributed by atoms with E-state index in [1.54, 1.807) is 27.7 Å². The molecule has 1 aromatic rings. The topological polar surface area (TPSA) is 66.4 Å². The smallest absolute Gasteiger partial charge is 0.326 e. The van der Waals surface area contributed by atoms with Crippen molar-refractivity contribution >= 4 is 11.9 Å². The highest BCUT2D eigenvalue weighted by molar-refractivity contribution is 5.96. The van der Waals surface area contributed by atoms with Gasteiger partial charge in [0.2, 0.25) is 0 Å². The zero-order valence-electron chi connectivity index (χ0n) is 11.5. The summed E-state index contributed by atoms with van der Waals surface area (Å²) in [6, 6.07) is 2.91. The van der Waals surface area contributed by atoms with Crippen LogP contribution in [0.1, 0.15) is 36.7 Å². The van der Waals surface area contributed by atoms with E-state index in [4.69, 9.17) is 5.11 Å². The van der Waals surface area contributed by atoms with Gasteiger partial charge in [0.1, 0.15) is 11.9 Å². The molecule has 1 amide bonds. The summed E-state index contributed by atoms with van der Waals surface area (Å²) >= 11 is 0. The lowest BCUT2D eigenvalue weighted by molar-refractivity contribution is -0.142. The van der Waals surface area contributed by atoms with Crippen LogP contribution in [0.2, 0.25) is 0 Å². The molecule has 0 spiro atoms. The monoisotopic (exact) mass is 267 g/mol. The van der Waals surface area contributed by atoms with Gasteiger partial charge >= 0.3 is 5.97 Å². The Hall–Kier alpha value is -1.91. The molecule has 0 aliphatic carbocycles. The van der Waals surface area contributed by atoms with E-state index in [-0.39, 0.29) is 5.56 Å². The van der Waals surface area contributed by atoms with E-state index in [2.05, 4.69) is 5.32 Å². The Bertz CT molecular complexity index is 506. The number of carbonyl (C=O) groups excluding carboxylic acids is 1. The number of amides is 1. The third-order valence-corrected chi connectivity index (χ3v) is 2.81. The number of carboxylic acid groups (broad SMARTS) is 1. The lowest BCUT2D eigenvalue weighted by atomic mass is 9.86. The summed E-state index contributed by atoms with van der Waals surface area (Å²) in [6.07, 6.45) is 0. The van der Waals surface area contributed by atoms with Crippen molar-refractivity contribution in [1.82, 2.24) is 5.32 Å². The molecule has 0 saturated heterocycles. The van der Waals surface area contributed by atoms with Crippen LogP contribution in [0.3, 0.4) is 0 Å². The van der Waals surface area contributed by atoms with E-state index in [1.807, 2.05) is 0 Å². The lowest BCUT2D eigenvalue weighted by Crippen LogP contribution is -2.49. The predicted molar refractivity (Wildman–Crippen MR) is 69.5 cm³/mol. The van der Waals surface area contributed by atoms with Crippen molar-refractivity contribution in [2.24, 2.45) is 5.41 Å². The van der Waals surface area contributed by atoms with E-state index in [0.29, 0.717) is 5.56 Å². The molecule has 2 N–H and O–H groups in total. The Labute approximate surface area is 111 Å². The van der Waals surface area contributed by atoms with Crippen molar-refractivity contribution < 1.29 is 19.1 Å². The van der Waals surface area contributed by atoms with Gasteiger partial charge in [0.05, 0.1) is 0 Å². The zero-order valence-corrected chi connectivity index (χ0v) is 11.5. The molecule has 0 aromatic heterocycles. The second-order valence-electron chi connectivity index (χ2n) is 5.57. The highest BCUT2D eigenvalue weighted by Gasteiger charge is 2.32. The number of carbonyl (C=O) groups is 2. The van der Waals surface area contributed by atoms with Crippen molar-refractivity contribution in [2.45, 2.75) is 33.7 Å². The average Bonchev–Trinajstić information content (AvgIpc) is 2.27. The van der Waals surface area contributed by atoms with E-state index >= 15 is 0 Å². The summed E-state index contributed by atoms with van der Waals surface area (Å²) in [7, 11) is 0. The van der Waals surface area contributed by atoms with Crippen LogP contribution in [0.5, 0.6) is 0 Å². The fourth-order valence-electron chi connectivity index (χ4n) is 1.65. The molecule has 5 heteroatoms. The minimum absolute atomic E-state index is 0.245. The normalized spacial score (nSPS) is 12.9. The van der Waals surface area contributed by atoms with Gasteiger partial charge in [0, 0.05) is 5.56 Å². The van der Waals surface area contributed by atoms with E-state index in [0.717, 1.165) is 0 Å². The molecular formula is C14H18FNO3. The van der Waals surface area contributed by atoms with Crippen LogP contribution in [0.15, 0.2) is 18.2 Å². The molecule has 1 unspecified atom stereocenters. The van der Waals surface area contributed by atoms with Gasteiger partial charge in [-0.2, -0.15) is 0 Å². The summed E-state index contributed by atoms with van der Waals surface area (Å²) in [5.41, 5.74) is -0.0268. The van der Waals surface area contributed by atoms with Crippen molar-refractivity contribution in [3.63, 3.8) is 0 Å². The maximum Gasteiger partial charge on any atom is 0.326 e. The molecule has 19 heavy (non-hydrogen) atoms. The molecule has 104 valence electrons. The first-order valence-electron chi connectivity index (χ1n) is 5.92. The number of hydrogen-bond donors (Lipinski definition) is 2. The molecular weight excluding hydrogens is 249 g/mol. The summed E-state index contributed by atoms with van der Waals surface area (Å²) < 4.78 is 13.1. The van der Waals surface area contributed by atoms with Crippen molar-refractivity contribution in [3.05, 3.63) is 35.1 Å². The van der Waals surface area contributed by atoms with Crippen LogP contribution < -0.4 is 5.32 Å². The van der Waals surface area contributed by atoms with Crippen LogP contribution in [0.25, 0.3) is 0 Å². The SMILES string of the molecule is Cc1cc(C(=O)NC(C(=O)O)C(C)(C)C)ccc1F. The molecule has 0 radical (unpaired) electrons. The second-order valence-corrected chi connectivity index (χ2v) is 5.57. The number of aryl methyl sites for hydroxylation is 1. The molecule has 0 aliphatic heterocycles. The largest absolute Gasteiger partial charge is 0.480 e. The first-order chi connectivity index (χ1) is 8.62. The Kier molecular flexibility index (Phi) is 4.29. The van der Waals surface area contributed by atoms with Gasteiger partial charge in [-0.1, -0.05) is 20.8 Å². The number of nitrogens with one attached hydrogen (secondary N) is 1. The van der Waals surface area contributed by atoms with E-state index in [9.17, 15) is 14.0 Å². The Balaban J connectivity index is 2.94. The fraction of sp³-hybridized carbons (Fsp3) is 0.429. The van der Waals surface area contributed by atoms with Gasteiger partial charge in [-0.15, -0.1) is 0 Å². The van der Waals surface area contributed by atoms with Gasteiger partial charge in [-0.05, 0) is 36.1 Å². The molecule has 1 rings (SSSR count). The quantitative estimate of drug-likeness (QED) is 0.883. The van der Waals surface area contributed by atoms with Crippen molar-refractivity contribution in [3.8, 4) is 0 Å². The number of hydrogen-bond acceptors (Lipinski definition) is 2. The molecule has 0 saturated carbocycles. The molecule has 1 atom stereocenters. The molecule has 4 nitrogen and oxygen atoms in total. The fourth-order valence-corrected chi connectivity index (χ4v) is 1.65. The molecule has 0 heterocycles. The van der Waals surface area contributed by atoms with Crippen LogP contribution >= 0.6 is 0 Å². The second kappa shape index (κ2) is 5.38. The number of aliphatic carboxylic acids is 1. The number of benzene rings is 1. The van der Waals surface area contributed by atoms with Gasteiger partial charge in [-0.3, -0.25) is 4.79 Å². The van der Waals surface area contributed by atoms with E-state index in [1.165, 1.54) is 18.2 Å². The third kappa shape index (κ3) is 3.77. The van der Waals surface area contributed by atoms with E-state index < -0.39 is 29.2 Å². The minimum Gasteiger partial charge on any atom is -0.480 e. The van der Waals surface area contributed by atoms with Crippen molar-refractivity contribution in [2.75, 3.05) is 0 Å². The summed E-state index contributed by atoms with van der Waals surface area (Å²) in [4.78, 5) is 23.1. The maximum absolute atomic E-state index is 13.1. The van der Waals surface area contributed by atoms with Crippen LogP contribution in [0, 0.1) is 18.2 Å². The van der Waals surface area contributed by atoms with Gasteiger partial charge in [0.15, 0.2) is 0 Å². The standard InChI is InChI=1S/C14H18FNO3/c1-8-7-9(5-6-10(8)15)12(17)16-11(13(18)19)14(2,3)4/h5-7,11H,1-4H3,(H,16,17)(H,18,19). The third-order valence-electron chi connectivity index (χ3n) is 2.81. The number of halogens is 1. The highest BCUT2D eigenvalue weighted by Crippen LogP contribution is 2.20. The maximum atomic E-state index is 13.1. The minimum atomic E-state index is -1.10. The van der Waals surface area contributed by atoms with Gasteiger partial charge in [0.25, 0.3) is 5.91 Å². The average molecular weight is 267 g/mol. The summed E-state index contributed by atoms with van der Waals surface area (Å²) in [5, 5.41) is 11.6. The Morgan fingerprint density at radius 1 is 1.32 bits per heavy atom. The Morgan fingerprint density at radius 3 is 2.32 bits per heavy atom.